The second kappa shape index (κ2) is 16.5. The summed E-state index contributed by atoms with van der Waals surface area (Å²) < 4.78 is 10.2. The van der Waals surface area contributed by atoms with Crippen molar-refractivity contribution in [1.29, 1.82) is 0 Å². The summed E-state index contributed by atoms with van der Waals surface area (Å²) in [6.07, 6.45) is 0. The van der Waals surface area contributed by atoms with Gasteiger partial charge in [-0.1, -0.05) is 6.58 Å². The molecule has 0 spiro atoms. The van der Waals surface area contributed by atoms with E-state index in [1.165, 1.54) is 6.92 Å². The molecule has 14 heteroatoms. The normalized spacial score (nSPS) is 27.5. The van der Waals surface area contributed by atoms with Crippen LogP contribution >= 0.6 is 69.6 Å². The molecule has 1 aliphatic rings. The third-order valence-corrected chi connectivity index (χ3v) is 9.21. The Morgan fingerprint density at radius 3 is 1.24 bits per heavy atom. The summed E-state index contributed by atoms with van der Waals surface area (Å²) in [5.41, 5.74) is -2.26. The standard InChI is InChI=1S/C14H26O8.C6H6Cl6/c1-11(2)12(20)22-10-14(6-18,7-19)9-21-8-13(3-15,4-16)5-17;7-1-2(8)4(10)6(12)5(11)3(1)9/h15-19H,1,3-10H2,2H3;1-6H. The van der Waals surface area contributed by atoms with Crippen molar-refractivity contribution in [3.05, 3.63) is 12.2 Å². The van der Waals surface area contributed by atoms with E-state index in [-0.39, 0.29) is 25.4 Å². The number of halogens is 6. The van der Waals surface area contributed by atoms with Gasteiger partial charge in [-0.2, -0.15) is 0 Å². The lowest BCUT2D eigenvalue weighted by Gasteiger charge is -2.37. The summed E-state index contributed by atoms with van der Waals surface area (Å²) in [5, 5.41) is 43.8. The number of alkyl halides is 6. The molecule has 0 aliphatic heterocycles. The van der Waals surface area contributed by atoms with Crippen LogP contribution in [0.3, 0.4) is 0 Å². The minimum atomic E-state index is -1.22. The van der Waals surface area contributed by atoms with Crippen molar-refractivity contribution in [3.8, 4) is 0 Å². The predicted molar refractivity (Wildman–Crippen MR) is 135 cm³/mol. The summed E-state index contributed by atoms with van der Waals surface area (Å²) in [7, 11) is 0. The molecular formula is C20H32Cl6O8. The second-order valence-corrected chi connectivity index (χ2v) is 11.3. The minimum absolute atomic E-state index is 0.186. The number of rotatable bonds is 12. The van der Waals surface area contributed by atoms with Gasteiger partial charge in [-0.25, -0.2) is 4.79 Å². The molecule has 0 aromatic heterocycles. The summed E-state index contributed by atoms with van der Waals surface area (Å²) >= 11 is 35.3. The van der Waals surface area contributed by atoms with Crippen LogP contribution in [0.4, 0.5) is 0 Å². The van der Waals surface area contributed by atoms with Crippen LogP contribution in [-0.2, 0) is 14.3 Å². The largest absolute Gasteiger partial charge is 0.461 e. The second-order valence-electron chi connectivity index (χ2n) is 8.31. The number of ether oxygens (including phenoxy) is 2. The van der Waals surface area contributed by atoms with E-state index in [0.29, 0.717) is 0 Å². The number of aliphatic hydroxyl groups is 5. The van der Waals surface area contributed by atoms with Crippen molar-refractivity contribution < 1.29 is 39.8 Å². The van der Waals surface area contributed by atoms with E-state index in [2.05, 4.69) is 6.58 Å². The molecule has 0 aromatic rings. The van der Waals surface area contributed by atoms with Gasteiger partial charge < -0.3 is 35.0 Å². The summed E-state index contributed by atoms with van der Waals surface area (Å²) in [4.78, 5) is 11.4. The highest BCUT2D eigenvalue weighted by atomic mass is 35.5. The first-order valence-electron chi connectivity index (χ1n) is 10.1. The number of hydrogen-bond donors (Lipinski definition) is 5. The monoisotopic (exact) mass is 610 g/mol. The van der Waals surface area contributed by atoms with Gasteiger partial charge in [0.15, 0.2) is 0 Å². The van der Waals surface area contributed by atoms with Crippen LogP contribution in [-0.4, -0.2) is 117 Å². The van der Waals surface area contributed by atoms with E-state index in [1.54, 1.807) is 0 Å². The van der Waals surface area contributed by atoms with Crippen molar-refractivity contribution >= 4 is 75.6 Å². The quantitative estimate of drug-likeness (QED) is 0.128. The van der Waals surface area contributed by atoms with Crippen molar-refractivity contribution in [3.63, 3.8) is 0 Å². The summed E-state index contributed by atoms with van der Waals surface area (Å²) in [6, 6.07) is 0. The smallest absolute Gasteiger partial charge is 0.333 e. The number of esters is 1. The molecule has 34 heavy (non-hydrogen) atoms. The van der Waals surface area contributed by atoms with Gasteiger partial charge in [0, 0.05) is 5.57 Å². The van der Waals surface area contributed by atoms with E-state index in [1.807, 2.05) is 0 Å². The van der Waals surface area contributed by atoms with Crippen LogP contribution in [0.15, 0.2) is 12.2 Å². The first-order valence-corrected chi connectivity index (χ1v) is 12.7. The molecule has 0 radical (unpaired) electrons. The lowest BCUT2D eigenvalue weighted by Crippen LogP contribution is -2.52. The number of carbonyl (C=O) groups excluding carboxylic acids is 1. The Morgan fingerprint density at radius 2 is 0.971 bits per heavy atom. The topological polar surface area (TPSA) is 137 Å². The highest BCUT2D eigenvalue weighted by Crippen LogP contribution is 2.39. The number of aliphatic hydroxyl groups excluding tert-OH is 5. The highest BCUT2D eigenvalue weighted by molar-refractivity contribution is 6.45. The van der Waals surface area contributed by atoms with Gasteiger partial charge in [0.2, 0.25) is 0 Å². The van der Waals surface area contributed by atoms with Gasteiger partial charge in [-0.15, -0.1) is 69.6 Å². The predicted octanol–water partition coefficient (Wildman–Crippen LogP) is 1.70. The molecule has 0 atom stereocenters. The van der Waals surface area contributed by atoms with Gasteiger partial charge >= 0.3 is 5.97 Å². The molecule has 0 unspecified atom stereocenters. The fourth-order valence-electron chi connectivity index (χ4n) is 2.44. The molecule has 0 amide bonds. The lowest BCUT2D eigenvalue weighted by atomic mass is 9.90. The van der Waals surface area contributed by atoms with E-state index in [4.69, 9.17) is 79.1 Å². The van der Waals surface area contributed by atoms with Crippen LogP contribution in [0.25, 0.3) is 0 Å². The van der Waals surface area contributed by atoms with Crippen LogP contribution in [0.5, 0.6) is 0 Å². The molecule has 1 rings (SSSR count). The van der Waals surface area contributed by atoms with Crippen LogP contribution in [0.1, 0.15) is 6.92 Å². The van der Waals surface area contributed by atoms with E-state index in [0.717, 1.165) is 0 Å². The Balaban J connectivity index is 0.000000757. The van der Waals surface area contributed by atoms with E-state index in [9.17, 15) is 30.3 Å². The van der Waals surface area contributed by atoms with Crippen molar-refractivity contribution in [1.82, 2.24) is 0 Å². The molecule has 5 N–H and O–H groups in total. The molecule has 0 saturated heterocycles. The molecule has 0 aromatic carbocycles. The Hall–Kier alpha value is 0.710. The van der Waals surface area contributed by atoms with Crippen molar-refractivity contribution in [2.24, 2.45) is 10.8 Å². The molecule has 8 nitrogen and oxygen atoms in total. The first-order chi connectivity index (χ1) is 15.8. The van der Waals surface area contributed by atoms with Gasteiger partial charge in [-0.05, 0) is 6.92 Å². The van der Waals surface area contributed by atoms with Gasteiger partial charge in [-0.3, -0.25) is 0 Å². The third kappa shape index (κ3) is 9.88. The fourth-order valence-corrected chi connectivity index (χ4v) is 4.77. The first kappa shape index (κ1) is 34.7. The zero-order valence-electron chi connectivity index (χ0n) is 18.6. The highest BCUT2D eigenvalue weighted by Gasteiger charge is 2.47. The van der Waals surface area contributed by atoms with Crippen LogP contribution in [0, 0.1) is 10.8 Å². The average Bonchev–Trinajstić information content (AvgIpc) is 2.85. The molecule has 1 fully saturated rings. The summed E-state index contributed by atoms with van der Waals surface area (Å²) in [5.74, 6) is -0.651. The summed E-state index contributed by atoms with van der Waals surface area (Å²) in [6.45, 7) is 1.76. The van der Waals surface area contributed by atoms with Gasteiger partial charge in [0.05, 0.1) is 89.3 Å². The Bertz CT molecular complexity index is 553. The van der Waals surface area contributed by atoms with Crippen molar-refractivity contribution in [2.45, 2.75) is 39.2 Å². The molecule has 0 bridgehead atoms. The molecule has 1 aliphatic carbocycles. The van der Waals surface area contributed by atoms with Crippen molar-refractivity contribution in [2.75, 3.05) is 52.9 Å². The molecule has 202 valence electrons. The lowest BCUT2D eigenvalue weighted by molar-refractivity contribution is -0.150. The maximum Gasteiger partial charge on any atom is 0.333 e. The van der Waals surface area contributed by atoms with E-state index < -0.39 is 82.1 Å². The third-order valence-electron chi connectivity index (χ3n) is 5.18. The molecular weight excluding hydrogens is 581 g/mol. The maximum absolute atomic E-state index is 11.4. The molecule has 0 heterocycles. The fraction of sp³-hybridized carbons (Fsp3) is 0.850. The number of hydrogen-bond acceptors (Lipinski definition) is 8. The van der Waals surface area contributed by atoms with Gasteiger partial charge in [0.1, 0.15) is 6.61 Å². The van der Waals surface area contributed by atoms with Gasteiger partial charge in [0.25, 0.3) is 0 Å². The van der Waals surface area contributed by atoms with Crippen LogP contribution < -0.4 is 0 Å². The Kier molecular flexibility index (Phi) is 16.9. The minimum Gasteiger partial charge on any atom is -0.461 e. The van der Waals surface area contributed by atoms with Crippen LogP contribution in [0.2, 0.25) is 0 Å². The average molecular weight is 613 g/mol. The zero-order chi connectivity index (χ0) is 26.7. The maximum atomic E-state index is 11.4. The Morgan fingerprint density at radius 1 is 0.676 bits per heavy atom. The SMILES string of the molecule is C=C(C)C(=O)OCC(CO)(CO)COCC(CO)(CO)CO.ClC1C(Cl)C(Cl)C(Cl)C(Cl)C1Cl. The van der Waals surface area contributed by atoms with E-state index >= 15 is 0 Å². The number of carbonyl (C=O) groups is 1. The Labute approximate surface area is 229 Å². The zero-order valence-corrected chi connectivity index (χ0v) is 23.1. The molecule has 1 saturated carbocycles.